The number of amides is 1. The van der Waals surface area contributed by atoms with Crippen molar-refractivity contribution in [1.82, 2.24) is 10.2 Å². The number of benzene rings is 1. The summed E-state index contributed by atoms with van der Waals surface area (Å²) < 4.78 is 15.8. The van der Waals surface area contributed by atoms with Crippen LogP contribution in [0.25, 0.3) is 0 Å². The SMILES string of the molecule is CCCCCc1nnc(NC(=O)c2cc(OC)c(OC)c(OC)c2)s1. The fourth-order valence-electron chi connectivity index (χ4n) is 2.31. The smallest absolute Gasteiger partial charge is 0.257 e. The van der Waals surface area contributed by atoms with Crippen LogP contribution in [0, 0.1) is 0 Å². The third kappa shape index (κ3) is 4.82. The van der Waals surface area contributed by atoms with Gasteiger partial charge in [0.2, 0.25) is 10.9 Å². The molecule has 8 heteroatoms. The van der Waals surface area contributed by atoms with Crippen LogP contribution in [0.15, 0.2) is 12.1 Å². The van der Waals surface area contributed by atoms with Gasteiger partial charge in [0, 0.05) is 12.0 Å². The second-order valence-corrected chi connectivity index (χ2v) is 6.39. The third-order valence-corrected chi connectivity index (χ3v) is 4.51. The molecular formula is C17H23N3O4S. The lowest BCUT2D eigenvalue weighted by molar-refractivity contribution is 0.102. The molecule has 0 unspecified atom stereocenters. The summed E-state index contributed by atoms with van der Waals surface area (Å²) in [7, 11) is 4.53. The van der Waals surface area contributed by atoms with Crippen molar-refractivity contribution in [3.8, 4) is 17.2 Å². The summed E-state index contributed by atoms with van der Waals surface area (Å²) in [5, 5.41) is 12.3. The largest absolute Gasteiger partial charge is 0.493 e. The molecule has 1 N–H and O–H groups in total. The summed E-state index contributed by atoms with van der Waals surface area (Å²) in [4.78, 5) is 12.5. The topological polar surface area (TPSA) is 82.6 Å². The highest BCUT2D eigenvalue weighted by Crippen LogP contribution is 2.38. The van der Waals surface area contributed by atoms with Crippen LogP contribution >= 0.6 is 11.3 Å². The van der Waals surface area contributed by atoms with E-state index in [1.54, 1.807) is 12.1 Å². The minimum atomic E-state index is -0.310. The van der Waals surface area contributed by atoms with Gasteiger partial charge in [0.25, 0.3) is 5.91 Å². The lowest BCUT2D eigenvalue weighted by Crippen LogP contribution is -2.12. The average Bonchev–Trinajstić information content (AvgIpc) is 3.07. The van der Waals surface area contributed by atoms with Gasteiger partial charge in [-0.05, 0) is 18.6 Å². The number of ether oxygens (including phenoxy) is 3. The average molecular weight is 365 g/mol. The Bertz CT molecular complexity index is 693. The molecule has 0 aliphatic heterocycles. The molecule has 0 saturated heterocycles. The standard InChI is InChI=1S/C17H23N3O4S/c1-5-6-7-8-14-19-20-17(25-14)18-16(21)11-9-12(22-2)15(24-4)13(10-11)23-3/h9-10H,5-8H2,1-4H3,(H,18,20,21). The molecule has 1 amide bonds. The monoisotopic (exact) mass is 365 g/mol. The molecule has 7 nitrogen and oxygen atoms in total. The number of unbranched alkanes of at least 4 members (excludes halogenated alkanes) is 2. The number of aryl methyl sites for hydroxylation is 1. The van der Waals surface area contributed by atoms with Crippen LogP contribution in [0.3, 0.4) is 0 Å². The fraction of sp³-hybridized carbons (Fsp3) is 0.471. The van der Waals surface area contributed by atoms with Crippen LogP contribution in [-0.4, -0.2) is 37.4 Å². The molecule has 136 valence electrons. The summed E-state index contributed by atoms with van der Waals surface area (Å²) >= 11 is 1.39. The number of nitrogens with zero attached hydrogens (tertiary/aromatic N) is 2. The van der Waals surface area contributed by atoms with Gasteiger partial charge in [0.15, 0.2) is 11.5 Å². The van der Waals surface area contributed by atoms with Crippen molar-refractivity contribution < 1.29 is 19.0 Å². The third-order valence-electron chi connectivity index (χ3n) is 3.61. The number of hydrogen-bond donors (Lipinski definition) is 1. The molecule has 0 aliphatic rings. The number of aromatic nitrogens is 2. The molecule has 0 bridgehead atoms. The van der Waals surface area contributed by atoms with E-state index in [2.05, 4.69) is 22.4 Å². The summed E-state index contributed by atoms with van der Waals surface area (Å²) in [6, 6.07) is 3.19. The van der Waals surface area contributed by atoms with E-state index >= 15 is 0 Å². The molecule has 2 rings (SSSR count). The maximum Gasteiger partial charge on any atom is 0.257 e. The van der Waals surface area contributed by atoms with Crippen molar-refractivity contribution in [2.75, 3.05) is 26.6 Å². The fourth-order valence-corrected chi connectivity index (χ4v) is 3.09. The number of methoxy groups -OCH3 is 3. The second kappa shape index (κ2) is 9.22. The Kier molecular flexibility index (Phi) is 7.00. The molecule has 0 atom stereocenters. The Morgan fingerprint density at radius 2 is 1.76 bits per heavy atom. The quantitative estimate of drug-likeness (QED) is 0.684. The van der Waals surface area contributed by atoms with E-state index in [9.17, 15) is 4.79 Å². The molecule has 0 radical (unpaired) electrons. The van der Waals surface area contributed by atoms with Crippen molar-refractivity contribution in [3.05, 3.63) is 22.7 Å². The number of rotatable bonds is 9. The zero-order valence-corrected chi connectivity index (χ0v) is 15.7. The van der Waals surface area contributed by atoms with Gasteiger partial charge < -0.3 is 14.2 Å². The minimum absolute atomic E-state index is 0.310. The van der Waals surface area contributed by atoms with Gasteiger partial charge in [0.1, 0.15) is 5.01 Å². The van der Waals surface area contributed by atoms with E-state index in [0.717, 1.165) is 30.7 Å². The first-order valence-electron chi connectivity index (χ1n) is 8.06. The number of carbonyl (C=O) groups is 1. The first-order valence-corrected chi connectivity index (χ1v) is 8.88. The Labute approximate surface area is 151 Å². The maximum atomic E-state index is 12.5. The van der Waals surface area contributed by atoms with Gasteiger partial charge in [0.05, 0.1) is 21.3 Å². The summed E-state index contributed by atoms with van der Waals surface area (Å²) in [5.74, 6) is 0.972. The first-order chi connectivity index (χ1) is 12.1. The van der Waals surface area contributed by atoms with Crippen molar-refractivity contribution in [2.45, 2.75) is 32.6 Å². The molecular weight excluding hydrogens is 342 g/mol. The van der Waals surface area contributed by atoms with E-state index in [0.29, 0.717) is 27.9 Å². The molecule has 0 spiro atoms. The van der Waals surface area contributed by atoms with Gasteiger partial charge in [-0.25, -0.2) is 0 Å². The van der Waals surface area contributed by atoms with Gasteiger partial charge in [-0.1, -0.05) is 31.1 Å². The Morgan fingerprint density at radius 3 is 2.32 bits per heavy atom. The van der Waals surface area contributed by atoms with Gasteiger partial charge >= 0.3 is 0 Å². The molecule has 25 heavy (non-hydrogen) atoms. The molecule has 0 saturated carbocycles. The van der Waals surface area contributed by atoms with Crippen LogP contribution < -0.4 is 19.5 Å². The molecule has 0 fully saturated rings. The van der Waals surface area contributed by atoms with E-state index in [1.807, 2.05) is 0 Å². The van der Waals surface area contributed by atoms with E-state index < -0.39 is 0 Å². The number of anilines is 1. The van der Waals surface area contributed by atoms with E-state index in [-0.39, 0.29) is 5.91 Å². The van der Waals surface area contributed by atoms with E-state index in [4.69, 9.17) is 14.2 Å². The zero-order valence-electron chi connectivity index (χ0n) is 14.9. The highest BCUT2D eigenvalue weighted by atomic mass is 32.1. The van der Waals surface area contributed by atoms with E-state index in [1.165, 1.54) is 32.7 Å². The Morgan fingerprint density at radius 1 is 1.08 bits per heavy atom. The van der Waals surface area contributed by atoms with Crippen molar-refractivity contribution in [1.29, 1.82) is 0 Å². The number of nitrogens with one attached hydrogen (secondary N) is 1. The zero-order chi connectivity index (χ0) is 18.2. The van der Waals surface area contributed by atoms with Crippen LogP contribution in [0.2, 0.25) is 0 Å². The van der Waals surface area contributed by atoms with Gasteiger partial charge in [-0.3, -0.25) is 10.1 Å². The normalized spacial score (nSPS) is 10.4. The maximum absolute atomic E-state index is 12.5. The highest BCUT2D eigenvalue weighted by Gasteiger charge is 2.18. The summed E-state index contributed by atoms with van der Waals surface area (Å²) in [6.07, 6.45) is 4.27. The highest BCUT2D eigenvalue weighted by molar-refractivity contribution is 7.15. The predicted octanol–water partition coefficient (Wildman–Crippen LogP) is 3.55. The van der Waals surface area contributed by atoms with Crippen molar-refractivity contribution in [2.24, 2.45) is 0 Å². The first kappa shape index (κ1) is 19.0. The van der Waals surface area contributed by atoms with Crippen LogP contribution in [-0.2, 0) is 6.42 Å². The lowest BCUT2D eigenvalue weighted by atomic mass is 10.1. The second-order valence-electron chi connectivity index (χ2n) is 5.33. The minimum Gasteiger partial charge on any atom is -0.493 e. The lowest BCUT2D eigenvalue weighted by Gasteiger charge is -2.13. The molecule has 1 aromatic heterocycles. The van der Waals surface area contributed by atoms with Crippen molar-refractivity contribution >= 4 is 22.4 Å². The predicted molar refractivity (Wildman–Crippen MR) is 97.2 cm³/mol. The number of carbonyl (C=O) groups excluding carboxylic acids is 1. The van der Waals surface area contributed by atoms with Crippen LogP contribution in [0.1, 0.15) is 41.6 Å². The van der Waals surface area contributed by atoms with Crippen molar-refractivity contribution in [3.63, 3.8) is 0 Å². The molecule has 0 aliphatic carbocycles. The Balaban J connectivity index is 2.13. The molecule has 1 heterocycles. The summed E-state index contributed by atoms with van der Waals surface area (Å²) in [5.41, 5.74) is 0.386. The number of hydrogen-bond acceptors (Lipinski definition) is 7. The molecule has 1 aromatic carbocycles. The van der Waals surface area contributed by atoms with Gasteiger partial charge in [-0.15, -0.1) is 10.2 Å². The van der Waals surface area contributed by atoms with Crippen LogP contribution in [0.4, 0.5) is 5.13 Å². The van der Waals surface area contributed by atoms with Crippen LogP contribution in [0.5, 0.6) is 17.2 Å². The Hall–Kier alpha value is -2.35. The molecule has 2 aromatic rings. The van der Waals surface area contributed by atoms with Gasteiger partial charge in [-0.2, -0.15) is 0 Å². The summed E-state index contributed by atoms with van der Waals surface area (Å²) in [6.45, 7) is 2.16.